The number of allylic oxidation sites excluding steroid dienone is 5. The molecular formula is C14H17N. The molecule has 0 fully saturated rings. The Hall–Kier alpha value is -1.63. The van der Waals surface area contributed by atoms with E-state index in [1.165, 1.54) is 11.1 Å². The van der Waals surface area contributed by atoms with Crippen LogP contribution in [0.25, 0.3) is 5.57 Å². The van der Waals surface area contributed by atoms with Gasteiger partial charge in [0.2, 0.25) is 0 Å². The van der Waals surface area contributed by atoms with Gasteiger partial charge in [-0.3, -0.25) is 4.98 Å². The van der Waals surface area contributed by atoms with E-state index >= 15 is 0 Å². The van der Waals surface area contributed by atoms with Crippen molar-refractivity contribution in [3.8, 4) is 0 Å². The molecule has 0 N–H and O–H groups in total. The summed E-state index contributed by atoms with van der Waals surface area (Å²) in [6.45, 7) is 9.88. The number of rotatable bonds is 3. The van der Waals surface area contributed by atoms with Gasteiger partial charge >= 0.3 is 0 Å². The molecule has 1 aromatic heterocycles. The molecule has 0 aromatic carbocycles. The fourth-order valence-corrected chi connectivity index (χ4v) is 1.32. The van der Waals surface area contributed by atoms with E-state index < -0.39 is 0 Å². The number of hydrogen-bond donors (Lipinski definition) is 0. The molecular weight excluding hydrogens is 182 g/mol. The number of hydrogen-bond acceptors (Lipinski definition) is 1. The van der Waals surface area contributed by atoms with Crippen molar-refractivity contribution < 1.29 is 0 Å². The largest absolute Gasteiger partial charge is 0.256 e. The number of aromatic nitrogens is 1. The highest BCUT2D eigenvalue weighted by atomic mass is 14.7. The standard InChI is InChI=1S/C14H17N/c1-5-7-13(12(4)6-2)14-9-8-11(3)10-15-14/h5-10H,1H2,2-4H3/b12-6-,13-7+. The summed E-state index contributed by atoms with van der Waals surface area (Å²) in [4.78, 5) is 4.41. The molecule has 78 valence electrons. The number of pyridine rings is 1. The molecule has 0 aliphatic rings. The van der Waals surface area contributed by atoms with Gasteiger partial charge < -0.3 is 0 Å². The summed E-state index contributed by atoms with van der Waals surface area (Å²) in [6, 6.07) is 4.11. The SMILES string of the molecule is C=C/C=C(\C(C)=C/C)c1ccc(C)cn1. The van der Waals surface area contributed by atoms with Crippen LogP contribution in [0.3, 0.4) is 0 Å². The maximum Gasteiger partial charge on any atom is 0.0704 e. The molecule has 0 radical (unpaired) electrons. The van der Waals surface area contributed by atoms with Crippen molar-refractivity contribution in [2.24, 2.45) is 0 Å². The molecule has 0 spiro atoms. The first-order valence-electron chi connectivity index (χ1n) is 5.08. The van der Waals surface area contributed by atoms with Gasteiger partial charge in [-0.1, -0.05) is 30.9 Å². The van der Waals surface area contributed by atoms with Crippen LogP contribution in [-0.2, 0) is 0 Å². The lowest BCUT2D eigenvalue weighted by Gasteiger charge is -2.06. The lowest BCUT2D eigenvalue weighted by Crippen LogP contribution is -1.91. The van der Waals surface area contributed by atoms with Gasteiger partial charge in [0.05, 0.1) is 5.69 Å². The zero-order valence-electron chi connectivity index (χ0n) is 9.62. The Morgan fingerprint density at radius 2 is 2.13 bits per heavy atom. The monoisotopic (exact) mass is 199 g/mol. The molecule has 0 atom stereocenters. The van der Waals surface area contributed by atoms with Gasteiger partial charge in [0.25, 0.3) is 0 Å². The molecule has 0 amide bonds. The summed E-state index contributed by atoms with van der Waals surface area (Å²) < 4.78 is 0. The fourth-order valence-electron chi connectivity index (χ4n) is 1.32. The van der Waals surface area contributed by atoms with Gasteiger partial charge in [-0.05, 0) is 38.0 Å². The normalized spacial score (nSPS) is 12.7. The van der Waals surface area contributed by atoms with E-state index in [4.69, 9.17) is 0 Å². The van der Waals surface area contributed by atoms with Crippen LogP contribution in [0.1, 0.15) is 25.1 Å². The molecule has 1 nitrogen and oxygen atoms in total. The Kier molecular flexibility index (Phi) is 4.04. The molecule has 1 heterocycles. The van der Waals surface area contributed by atoms with Crippen LogP contribution in [0.5, 0.6) is 0 Å². The van der Waals surface area contributed by atoms with Crippen molar-refractivity contribution in [1.82, 2.24) is 4.98 Å². The van der Waals surface area contributed by atoms with E-state index in [0.29, 0.717) is 0 Å². The molecule has 0 aliphatic carbocycles. The fraction of sp³-hybridized carbons (Fsp3) is 0.214. The van der Waals surface area contributed by atoms with E-state index in [0.717, 1.165) is 11.3 Å². The van der Waals surface area contributed by atoms with Crippen LogP contribution < -0.4 is 0 Å². The average molecular weight is 199 g/mol. The average Bonchev–Trinajstić information content (AvgIpc) is 2.26. The minimum atomic E-state index is 0.996. The molecule has 0 bridgehead atoms. The van der Waals surface area contributed by atoms with Crippen molar-refractivity contribution in [2.45, 2.75) is 20.8 Å². The lowest BCUT2D eigenvalue weighted by atomic mass is 10.0. The Balaban J connectivity index is 3.16. The van der Waals surface area contributed by atoms with Gasteiger partial charge in [0.1, 0.15) is 0 Å². The highest BCUT2D eigenvalue weighted by Crippen LogP contribution is 2.20. The van der Waals surface area contributed by atoms with E-state index in [2.05, 4.69) is 30.6 Å². The van der Waals surface area contributed by atoms with E-state index in [-0.39, 0.29) is 0 Å². The Morgan fingerprint density at radius 3 is 2.60 bits per heavy atom. The highest BCUT2D eigenvalue weighted by Gasteiger charge is 2.03. The van der Waals surface area contributed by atoms with Crippen LogP contribution in [0.15, 0.2) is 48.7 Å². The first kappa shape index (κ1) is 11.4. The van der Waals surface area contributed by atoms with Crippen molar-refractivity contribution >= 4 is 5.57 Å². The summed E-state index contributed by atoms with van der Waals surface area (Å²) in [5.74, 6) is 0. The topological polar surface area (TPSA) is 12.9 Å². The van der Waals surface area contributed by atoms with Crippen LogP contribution in [0, 0.1) is 6.92 Å². The third kappa shape index (κ3) is 2.91. The second-order valence-corrected chi connectivity index (χ2v) is 3.51. The van der Waals surface area contributed by atoms with Crippen LogP contribution in [0.4, 0.5) is 0 Å². The summed E-state index contributed by atoms with van der Waals surface area (Å²) >= 11 is 0. The van der Waals surface area contributed by atoms with Gasteiger partial charge in [0, 0.05) is 11.8 Å². The molecule has 15 heavy (non-hydrogen) atoms. The summed E-state index contributed by atoms with van der Waals surface area (Å²) in [7, 11) is 0. The second-order valence-electron chi connectivity index (χ2n) is 3.51. The maximum absolute atomic E-state index is 4.41. The Morgan fingerprint density at radius 1 is 1.40 bits per heavy atom. The van der Waals surface area contributed by atoms with Gasteiger partial charge in [-0.25, -0.2) is 0 Å². The summed E-state index contributed by atoms with van der Waals surface area (Å²) in [5.41, 5.74) is 4.52. The zero-order chi connectivity index (χ0) is 11.3. The predicted molar refractivity (Wildman–Crippen MR) is 66.6 cm³/mol. The predicted octanol–water partition coefficient (Wildman–Crippen LogP) is 3.93. The summed E-state index contributed by atoms with van der Waals surface area (Å²) in [6.07, 6.45) is 7.75. The van der Waals surface area contributed by atoms with Gasteiger partial charge in [0.15, 0.2) is 0 Å². The first-order chi connectivity index (χ1) is 7.19. The quantitative estimate of drug-likeness (QED) is 0.672. The summed E-state index contributed by atoms with van der Waals surface area (Å²) in [5, 5.41) is 0. The minimum Gasteiger partial charge on any atom is -0.256 e. The van der Waals surface area contributed by atoms with Gasteiger partial charge in [-0.2, -0.15) is 0 Å². The third-order valence-electron chi connectivity index (χ3n) is 2.33. The molecule has 0 aliphatic heterocycles. The van der Waals surface area contributed by atoms with Crippen molar-refractivity contribution in [3.63, 3.8) is 0 Å². The lowest BCUT2D eigenvalue weighted by molar-refractivity contribution is 1.22. The van der Waals surface area contributed by atoms with Gasteiger partial charge in [-0.15, -0.1) is 0 Å². The molecule has 0 saturated heterocycles. The molecule has 0 unspecified atom stereocenters. The van der Waals surface area contributed by atoms with Crippen molar-refractivity contribution in [2.75, 3.05) is 0 Å². The van der Waals surface area contributed by atoms with E-state index in [9.17, 15) is 0 Å². The molecule has 0 saturated carbocycles. The number of aryl methyl sites for hydroxylation is 1. The van der Waals surface area contributed by atoms with Crippen LogP contribution in [0.2, 0.25) is 0 Å². The van der Waals surface area contributed by atoms with Crippen LogP contribution >= 0.6 is 0 Å². The molecule has 1 heteroatoms. The van der Waals surface area contributed by atoms with Crippen LogP contribution in [-0.4, -0.2) is 4.98 Å². The molecule has 1 aromatic rings. The Labute approximate surface area is 91.9 Å². The maximum atomic E-state index is 4.41. The zero-order valence-corrected chi connectivity index (χ0v) is 9.62. The molecule has 1 rings (SSSR count). The van der Waals surface area contributed by atoms with Crippen molar-refractivity contribution in [3.05, 3.63) is 60.0 Å². The highest BCUT2D eigenvalue weighted by molar-refractivity contribution is 5.77. The first-order valence-corrected chi connectivity index (χ1v) is 5.08. The number of nitrogens with zero attached hydrogens (tertiary/aromatic N) is 1. The van der Waals surface area contributed by atoms with Crippen molar-refractivity contribution in [1.29, 1.82) is 0 Å². The third-order valence-corrected chi connectivity index (χ3v) is 2.33. The smallest absolute Gasteiger partial charge is 0.0704 e. The van der Waals surface area contributed by atoms with E-state index in [1.807, 2.05) is 32.2 Å². The minimum absolute atomic E-state index is 0.996. The second kappa shape index (κ2) is 5.30. The van der Waals surface area contributed by atoms with E-state index in [1.54, 1.807) is 6.08 Å². The Bertz CT molecular complexity index is 394.